The Kier molecular flexibility index (Phi) is 5.05. The van der Waals surface area contributed by atoms with Crippen LogP contribution < -0.4 is 10.2 Å². The number of rotatable bonds is 4. The first kappa shape index (κ1) is 16.4. The van der Waals surface area contributed by atoms with Crippen molar-refractivity contribution in [1.29, 1.82) is 0 Å². The fourth-order valence-electron chi connectivity index (χ4n) is 2.73. The lowest BCUT2D eigenvalue weighted by molar-refractivity contribution is 0.0945. The van der Waals surface area contributed by atoms with E-state index in [0.717, 1.165) is 37.6 Å². The Balaban J connectivity index is 1.69. The van der Waals surface area contributed by atoms with Crippen LogP contribution in [0.1, 0.15) is 21.9 Å². The quantitative estimate of drug-likeness (QED) is 0.922. The van der Waals surface area contributed by atoms with E-state index in [2.05, 4.69) is 32.1 Å². The van der Waals surface area contributed by atoms with Crippen molar-refractivity contribution in [3.63, 3.8) is 0 Å². The number of aryl methyl sites for hydroxylation is 1. The molecule has 0 unspecified atom stereocenters. The van der Waals surface area contributed by atoms with E-state index in [1.54, 1.807) is 6.07 Å². The number of nitrogens with one attached hydrogen (secondary N) is 1. The number of aromatic nitrogens is 2. The summed E-state index contributed by atoms with van der Waals surface area (Å²) in [6, 6.07) is 11.6. The molecule has 1 N–H and O–H groups in total. The topological polar surface area (TPSA) is 61.4 Å². The van der Waals surface area contributed by atoms with E-state index < -0.39 is 0 Å². The zero-order valence-corrected chi connectivity index (χ0v) is 14.2. The maximum Gasteiger partial charge on any atom is 0.270 e. The third-order valence-corrected chi connectivity index (χ3v) is 4.18. The summed E-state index contributed by atoms with van der Waals surface area (Å²) in [6.45, 7) is 6.15. The van der Waals surface area contributed by atoms with Gasteiger partial charge in [-0.25, -0.2) is 9.97 Å². The summed E-state index contributed by atoms with van der Waals surface area (Å²) < 4.78 is 0. The van der Waals surface area contributed by atoms with E-state index >= 15 is 0 Å². The van der Waals surface area contributed by atoms with E-state index in [0.29, 0.717) is 18.1 Å². The lowest BCUT2D eigenvalue weighted by Crippen LogP contribution is -2.45. The largest absolute Gasteiger partial charge is 0.354 e. The summed E-state index contributed by atoms with van der Waals surface area (Å²) in [5.41, 5.74) is 1.49. The Morgan fingerprint density at radius 2 is 1.83 bits per heavy atom. The fourth-order valence-corrected chi connectivity index (χ4v) is 2.73. The van der Waals surface area contributed by atoms with Crippen molar-refractivity contribution in [1.82, 2.24) is 20.2 Å². The van der Waals surface area contributed by atoms with Gasteiger partial charge in [0.1, 0.15) is 17.3 Å². The van der Waals surface area contributed by atoms with Gasteiger partial charge in [0, 0.05) is 38.8 Å². The molecule has 126 valence electrons. The van der Waals surface area contributed by atoms with Gasteiger partial charge in [0.25, 0.3) is 5.91 Å². The predicted molar refractivity (Wildman–Crippen MR) is 94.1 cm³/mol. The summed E-state index contributed by atoms with van der Waals surface area (Å²) in [7, 11) is 2.12. The maximum atomic E-state index is 12.4. The number of likely N-dealkylation sites (N-methyl/N-ethyl adjacent to an activating group) is 1. The van der Waals surface area contributed by atoms with Crippen molar-refractivity contribution in [2.24, 2.45) is 0 Å². The highest BCUT2D eigenvalue weighted by Gasteiger charge is 2.18. The maximum absolute atomic E-state index is 12.4. The third-order valence-electron chi connectivity index (χ3n) is 4.18. The molecule has 1 aromatic heterocycles. The second-order valence-corrected chi connectivity index (χ2v) is 6.12. The van der Waals surface area contributed by atoms with Gasteiger partial charge >= 0.3 is 0 Å². The molecular weight excluding hydrogens is 302 g/mol. The number of hydrogen-bond donors (Lipinski definition) is 1. The molecular formula is C18H23N5O. The van der Waals surface area contributed by atoms with Crippen LogP contribution in [-0.4, -0.2) is 54.0 Å². The lowest BCUT2D eigenvalue weighted by Gasteiger charge is -2.33. The second kappa shape index (κ2) is 7.40. The first-order valence-corrected chi connectivity index (χ1v) is 8.23. The van der Waals surface area contributed by atoms with Gasteiger partial charge in [-0.05, 0) is 19.5 Å². The highest BCUT2D eigenvalue weighted by atomic mass is 16.1. The lowest BCUT2D eigenvalue weighted by atomic mass is 10.2. The monoisotopic (exact) mass is 325 g/mol. The van der Waals surface area contributed by atoms with Crippen LogP contribution >= 0.6 is 0 Å². The van der Waals surface area contributed by atoms with Crippen LogP contribution in [-0.2, 0) is 6.54 Å². The van der Waals surface area contributed by atoms with E-state index in [9.17, 15) is 4.79 Å². The van der Waals surface area contributed by atoms with E-state index in [1.807, 2.05) is 37.3 Å². The van der Waals surface area contributed by atoms with Crippen LogP contribution in [0.5, 0.6) is 0 Å². The van der Waals surface area contributed by atoms with Gasteiger partial charge in [0.2, 0.25) is 0 Å². The van der Waals surface area contributed by atoms with E-state index in [1.165, 1.54) is 0 Å². The van der Waals surface area contributed by atoms with Crippen molar-refractivity contribution in [2.75, 3.05) is 38.1 Å². The number of piperazine rings is 1. The molecule has 0 atom stereocenters. The van der Waals surface area contributed by atoms with Crippen LogP contribution in [0.4, 0.5) is 5.82 Å². The molecule has 1 aromatic carbocycles. The minimum Gasteiger partial charge on any atom is -0.354 e. The SMILES string of the molecule is Cc1nc(C(=O)NCc2ccccc2)cc(N2CCN(C)CC2)n1. The first-order valence-electron chi connectivity index (χ1n) is 8.23. The van der Waals surface area contributed by atoms with E-state index in [4.69, 9.17) is 0 Å². The number of benzene rings is 1. The molecule has 0 aliphatic carbocycles. The molecule has 3 rings (SSSR count). The average Bonchev–Trinajstić information content (AvgIpc) is 2.60. The highest BCUT2D eigenvalue weighted by Crippen LogP contribution is 2.15. The second-order valence-electron chi connectivity index (χ2n) is 6.12. The number of carbonyl (C=O) groups excluding carboxylic acids is 1. The number of nitrogens with zero attached hydrogens (tertiary/aromatic N) is 4. The van der Waals surface area contributed by atoms with Gasteiger partial charge in [-0.2, -0.15) is 0 Å². The molecule has 1 aliphatic rings. The Morgan fingerprint density at radius 3 is 2.54 bits per heavy atom. The Morgan fingerprint density at radius 1 is 1.12 bits per heavy atom. The standard InChI is InChI=1S/C18H23N5O/c1-14-20-16(18(24)19-13-15-6-4-3-5-7-15)12-17(21-14)23-10-8-22(2)9-11-23/h3-7,12H,8-11,13H2,1-2H3,(H,19,24). The molecule has 6 heteroatoms. The number of hydrogen-bond acceptors (Lipinski definition) is 5. The molecule has 1 amide bonds. The van der Waals surface area contributed by atoms with Crippen LogP contribution in [0, 0.1) is 6.92 Å². The van der Waals surface area contributed by atoms with Gasteiger partial charge in [-0.3, -0.25) is 4.79 Å². The zero-order valence-electron chi connectivity index (χ0n) is 14.2. The van der Waals surface area contributed by atoms with Crippen molar-refractivity contribution in [3.05, 3.63) is 53.5 Å². The number of carbonyl (C=O) groups is 1. The molecule has 24 heavy (non-hydrogen) atoms. The van der Waals surface area contributed by atoms with Crippen molar-refractivity contribution >= 4 is 11.7 Å². The molecule has 0 spiro atoms. The highest BCUT2D eigenvalue weighted by molar-refractivity contribution is 5.92. The zero-order chi connectivity index (χ0) is 16.9. The summed E-state index contributed by atoms with van der Waals surface area (Å²) in [5, 5.41) is 2.92. The molecule has 1 aliphatic heterocycles. The van der Waals surface area contributed by atoms with Crippen LogP contribution in [0.15, 0.2) is 36.4 Å². The first-order chi connectivity index (χ1) is 11.6. The molecule has 0 radical (unpaired) electrons. The van der Waals surface area contributed by atoms with Gasteiger partial charge < -0.3 is 15.1 Å². The number of amides is 1. The molecule has 1 saturated heterocycles. The van der Waals surface area contributed by atoms with Crippen LogP contribution in [0.3, 0.4) is 0 Å². The summed E-state index contributed by atoms with van der Waals surface area (Å²) >= 11 is 0. The smallest absolute Gasteiger partial charge is 0.270 e. The summed E-state index contributed by atoms with van der Waals surface area (Å²) in [6.07, 6.45) is 0. The molecule has 2 heterocycles. The van der Waals surface area contributed by atoms with Gasteiger partial charge in [0.05, 0.1) is 0 Å². The number of anilines is 1. The molecule has 0 bridgehead atoms. The van der Waals surface area contributed by atoms with Gasteiger partial charge in [-0.1, -0.05) is 30.3 Å². The molecule has 1 fully saturated rings. The normalized spacial score (nSPS) is 15.3. The van der Waals surface area contributed by atoms with Crippen LogP contribution in [0.2, 0.25) is 0 Å². The minimum atomic E-state index is -0.167. The van der Waals surface area contributed by atoms with Gasteiger partial charge in [0.15, 0.2) is 0 Å². The van der Waals surface area contributed by atoms with Crippen LogP contribution in [0.25, 0.3) is 0 Å². The Bertz CT molecular complexity index is 696. The summed E-state index contributed by atoms with van der Waals surface area (Å²) in [4.78, 5) is 25.7. The average molecular weight is 325 g/mol. The van der Waals surface area contributed by atoms with Crippen molar-refractivity contribution < 1.29 is 4.79 Å². The van der Waals surface area contributed by atoms with Crippen molar-refractivity contribution in [3.8, 4) is 0 Å². The predicted octanol–water partition coefficient (Wildman–Crippen LogP) is 1.47. The summed E-state index contributed by atoms with van der Waals surface area (Å²) in [5.74, 6) is 1.29. The molecule has 2 aromatic rings. The molecule has 6 nitrogen and oxygen atoms in total. The molecule has 0 saturated carbocycles. The minimum absolute atomic E-state index is 0.167. The Labute approximate surface area is 142 Å². The Hall–Kier alpha value is -2.47. The van der Waals surface area contributed by atoms with E-state index in [-0.39, 0.29) is 5.91 Å². The van der Waals surface area contributed by atoms with Gasteiger partial charge in [-0.15, -0.1) is 0 Å². The third kappa shape index (κ3) is 4.08. The fraction of sp³-hybridized carbons (Fsp3) is 0.389. The van der Waals surface area contributed by atoms with Crippen molar-refractivity contribution in [2.45, 2.75) is 13.5 Å².